The summed E-state index contributed by atoms with van der Waals surface area (Å²) in [6.45, 7) is 6.31. The smallest absolute Gasteiger partial charge is 0.306 e. The summed E-state index contributed by atoms with van der Waals surface area (Å²) in [5, 5.41) is 0. The molecule has 0 saturated heterocycles. The molecule has 0 aromatic heterocycles. The van der Waals surface area contributed by atoms with Gasteiger partial charge in [-0.15, -0.1) is 0 Å². The van der Waals surface area contributed by atoms with E-state index in [4.69, 9.17) is 14.2 Å². The summed E-state index contributed by atoms with van der Waals surface area (Å²) in [5.41, 5.74) is 0. The molecule has 0 aromatic rings. The summed E-state index contributed by atoms with van der Waals surface area (Å²) in [5.74, 6) is -0.989. The van der Waals surface area contributed by atoms with Gasteiger partial charge in [0.05, 0.1) is 0 Å². The van der Waals surface area contributed by atoms with Crippen molar-refractivity contribution in [1.82, 2.24) is 0 Å². The number of esters is 3. The van der Waals surface area contributed by atoms with Crippen molar-refractivity contribution < 1.29 is 28.6 Å². The molecule has 0 radical (unpaired) electrons. The van der Waals surface area contributed by atoms with Gasteiger partial charge in [-0.2, -0.15) is 0 Å². The quantitative estimate of drug-likeness (QED) is 0.0263. The van der Waals surface area contributed by atoms with E-state index in [9.17, 15) is 14.4 Å². The lowest BCUT2D eigenvalue weighted by Gasteiger charge is -2.18. The van der Waals surface area contributed by atoms with E-state index < -0.39 is 6.10 Å². The number of unbranched alkanes of at least 4 members (excludes halogenated alkanes) is 14. The van der Waals surface area contributed by atoms with Gasteiger partial charge in [0, 0.05) is 19.3 Å². The number of allylic oxidation sites excluding steroid dienone is 18. The van der Waals surface area contributed by atoms with Crippen molar-refractivity contribution in [1.29, 1.82) is 0 Å². The Kier molecular flexibility index (Phi) is 46.6. The maximum Gasteiger partial charge on any atom is 0.306 e. The van der Waals surface area contributed by atoms with Crippen LogP contribution in [0.2, 0.25) is 0 Å². The normalized spacial score (nSPS) is 13.0. The van der Waals surface area contributed by atoms with Crippen LogP contribution in [0.3, 0.4) is 0 Å². The maximum atomic E-state index is 12.7. The van der Waals surface area contributed by atoms with Crippen LogP contribution >= 0.6 is 0 Å². The molecule has 1 atom stereocenters. The van der Waals surface area contributed by atoms with E-state index in [0.29, 0.717) is 19.3 Å². The fourth-order valence-electron chi connectivity index (χ4n) is 6.34. The topological polar surface area (TPSA) is 78.9 Å². The monoisotopic (exact) mass is 859 g/mol. The van der Waals surface area contributed by atoms with Crippen LogP contribution < -0.4 is 0 Å². The first-order chi connectivity index (χ1) is 30.5. The van der Waals surface area contributed by atoms with Crippen molar-refractivity contribution in [3.63, 3.8) is 0 Å². The van der Waals surface area contributed by atoms with Crippen LogP contribution in [0.4, 0.5) is 0 Å². The zero-order valence-electron chi connectivity index (χ0n) is 39.8. The first kappa shape index (κ1) is 58.1. The molecule has 0 aliphatic rings. The minimum atomic E-state index is -0.810. The summed E-state index contributed by atoms with van der Waals surface area (Å²) in [6, 6.07) is 0. The average Bonchev–Trinajstić information content (AvgIpc) is 3.27. The van der Waals surface area contributed by atoms with Crippen molar-refractivity contribution in [2.45, 2.75) is 213 Å². The molecule has 62 heavy (non-hydrogen) atoms. The van der Waals surface area contributed by atoms with Crippen LogP contribution in [-0.2, 0) is 28.6 Å². The van der Waals surface area contributed by atoms with Gasteiger partial charge >= 0.3 is 17.9 Å². The molecule has 0 saturated carbocycles. The number of rotatable bonds is 43. The van der Waals surface area contributed by atoms with Gasteiger partial charge in [-0.05, 0) is 103 Å². The molecule has 6 heteroatoms. The summed E-state index contributed by atoms with van der Waals surface area (Å²) in [4.78, 5) is 37.8. The van der Waals surface area contributed by atoms with Crippen LogP contribution in [0.1, 0.15) is 207 Å². The van der Waals surface area contributed by atoms with E-state index in [1.165, 1.54) is 44.9 Å². The summed E-state index contributed by atoms with van der Waals surface area (Å²) < 4.78 is 16.7. The Balaban J connectivity index is 4.47. The van der Waals surface area contributed by atoms with Crippen molar-refractivity contribution in [3.8, 4) is 0 Å². The lowest BCUT2D eigenvalue weighted by Crippen LogP contribution is -2.30. The first-order valence-corrected chi connectivity index (χ1v) is 24.9. The first-order valence-electron chi connectivity index (χ1n) is 24.9. The zero-order valence-corrected chi connectivity index (χ0v) is 39.8. The van der Waals surface area contributed by atoms with Gasteiger partial charge in [0.2, 0.25) is 0 Å². The van der Waals surface area contributed by atoms with Crippen molar-refractivity contribution in [2.75, 3.05) is 13.2 Å². The Morgan fingerprint density at radius 2 is 0.629 bits per heavy atom. The SMILES string of the molecule is CC/C=C\C/C=C\C/C=C\C/C=C\C/C=C\C/C=C\CCCCC(=O)OCC(COC(=O)CCCCCCCCCCCC)OC(=O)CCCCC/C=C\C/C=C\C/C=C\CC. The number of ether oxygens (including phenoxy) is 3. The van der Waals surface area contributed by atoms with Gasteiger partial charge in [0.1, 0.15) is 13.2 Å². The molecule has 0 rings (SSSR count). The van der Waals surface area contributed by atoms with Crippen molar-refractivity contribution >= 4 is 17.9 Å². The minimum Gasteiger partial charge on any atom is -0.462 e. The van der Waals surface area contributed by atoms with Crippen molar-refractivity contribution in [2.24, 2.45) is 0 Å². The third kappa shape index (κ3) is 47.1. The van der Waals surface area contributed by atoms with Crippen molar-refractivity contribution in [3.05, 3.63) is 109 Å². The van der Waals surface area contributed by atoms with E-state index in [0.717, 1.165) is 116 Å². The van der Waals surface area contributed by atoms with Crippen LogP contribution in [0.15, 0.2) is 109 Å². The molecular formula is C56H90O6. The molecule has 0 amide bonds. The second-order valence-corrected chi connectivity index (χ2v) is 16.0. The van der Waals surface area contributed by atoms with Gasteiger partial charge in [0.25, 0.3) is 0 Å². The predicted octanol–water partition coefficient (Wildman–Crippen LogP) is 16.4. The van der Waals surface area contributed by atoms with E-state index in [2.05, 4.69) is 130 Å². The lowest BCUT2D eigenvalue weighted by atomic mass is 10.1. The number of hydrogen-bond donors (Lipinski definition) is 0. The molecule has 0 bridgehead atoms. The fraction of sp³-hybridized carbons (Fsp3) is 0.625. The highest BCUT2D eigenvalue weighted by Crippen LogP contribution is 2.13. The highest BCUT2D eigenvalue weighted by Gasteiger charge is 2.19. The van der Waals surface area contributed by atoms with Gasteiger partial charge in [-0.1, -0.05) is 194 Å². The Labute approximate surface area is 380 Å². The highest BCUT2D eigenvalue weighted by atomic mass is 16.6. The molecule has 0 fully saturated rings. The summed E-state index contributed by atoms with van der Waals surface area (Å²) >= 11 is 0. The van der Waals surface area contributed by atoms with Gasteiger partial charge in [-0.3, -0.25) is 14.4 Å². The Hall–Kier alpha value is -3.93. The fourth-order valence-corrected chi connectivity index (χ4v) is 6.34. The predicted molar refractivity (Wildman–Crippen MR) is 265 cm³/mol. The third-order valence-corrected chi connectivity index (χ3v) is 10.0. The Morgan fingerprint density at radius 3 is 1.02 bits per heavy atom. The molecular weight excluding hydrogens is 769 g/mol. The Morgan fingerprint density at radius 1 is 0.339 bits per heavy atom. The van der Waals surface area contributed by atoms with E-state index >= 15 is 0 Å². The molecule has 1 unspecified atom stereocenters. The second-order valence-electron chi connectivity index (χ2n) is 16.0. The van der Waals surface area contributed by atoms with Gasteiger partial charge in [0.15, 0.2) is 6.10 Å². The summed E-state index contributed by atoms with van der Waals surface area (Å²) in [7, 11) is 0. The molecule has 350 valence electrons. The van der Waals surface area contributed by atoms with Crippen LogP contribution in [0.5, 0.6) is 0 Å². The molecule has 0 spiro atoms. The van der Waals surface area contributed by atoms with E-state index in [-0.39, 0.29) is 37.5 Å². The number of hydrogen-bond acceptors (Lipinski definition) is 6. The van der Waals surface area contributed by atoms with Crippen LogP contribution in [0, 0.1) is 0 Å². The number of carbonyl (C=O) groups excluding carboxylic acids is 3. The van der Waals surface area contributed by atoms with Crippen LogP contribution in [-0.4, -0.2) is 37.2 Å². The summed E-state index contributed by atoms with van der Waals surface area (Å²) in [6.07, 6.45) is 66.5. The van der Waals surface area contributed by atoms with Gasteiger partial charge in [-0.25, -0.2) is 0 Å². The molecule has 0 aromatic carbocycles. The average molecular weight is 859 g/mol. The van der Waals surface area contributed by atoms with Crippen LogP contribution in [0.25, 0.3) is 0 Å². The standard InChI is InChI=1S/C56H90O6/c1-4-7-10-13-16-19-22-24-25-26-27-28-29-30-31-33-34-37-40-43-46-49-55(58)61-52-53(51-60-54(57)48-45-42-39-36-21-18-15-12-9-6-3)62-56(59)50-47-44-41-38-35-32-23-20-17-14-11-8-5-2/h7-8,10-11,16-17,19-20,24-25,27-28,30-32,34-35,37,53H,4-6,9,12-15,18,21-23,26,29,33,36,38-52H2,1-3H3/b10-7-,11-8-,19-16-,20-17-,25-24-,28-27-,31-30-,35-32-,37-34-. The van der Waals surface area contributed by atoms with E-state index in [1.807, 2.05) is 0 Å². The maximum absolute atomic E-state index is 12.7. The minimum absolute atomic E-state index is 0.105. The lowest BCUT2D eigenvalue weighted by molar-refractivity contribution is -0.167. The number of carbonyl (C=O) groups is 3. The van der Waals surface area contributed by atoms with Gasteiger partial charge < -0.3 is 14.2 Å². The third-order valence-electron chi connectivity index (χ3n) is 10.0. The zero-order chi connectivity index (χ0) is 45.1. The molecule has 0 aliphatic carbocycles. The second kappa shape index (κ2) is 49.7. The molecule has 0 N–H and O–H groups in total. The molecule has 0 aliphatic heterocycles. The largest absolute Gasteiger partial charge is 0.462 e. The molecule has 0 heterocycles. The van der Waals surface area contributed by atoms with E-state index in [1.54, 1.807) is 0 Å². The Bertz CT molecular complexity index is 1310. The highest BCUT2D eigenvalue weighted by molar-refractivity contribution is 5.71. The molecule has 6 nitrogen and oxygen atoms in total.